The summed E-state index contributed by atoms with van der Waals surface area (Å²) in [4.78, 5) is 0. The van der Waals surface area contributed by atoms with E-state index in [4.69, 9.17) is 0 Å². The van der Waals surface area contributed by atoms with Crippen LogP contribution < -0.4 is 5.32 Å². The van der Waals surface area contributed by atoms with Crippen LogP contribution in [-0.4, -0.2) is 23.4 Å². The van der Waals surface area contributed by atoms with Crippen LogP contribution in [0.1, 0.15) is 31.7 Å². The molecule has 0 aliphatic carbocycles. The van der Waals surface area contributed by atoms with E-state index in [9.17, 15) is 0 Å². The highest BCUT2D eigenvalue weighted by molar-refractivity contribution is 9.10. The molecule has 0 saturated carbocycles. The molecule has 1 heterocycles. The number of allylic oxidation sites excluding steroid dienone is 1. The van der Waals surface area contributed by atoms with Gasteiger partial charge in [0.25, 0.3) is 0 Å². The zero-order chi connectivity index (χ0) is 12.8. The zero-order valence-corrected chi connectivity index (χ0v) is 12.8. The van der Waals surface area contributed by atoms with E-state index < -0.39 is 0 Å². The van der Waals surface area contributed by atoms with Gasteiger partial charge < -0.3 is 5.32 Å². The van der Waals surface area contributed by atoms with Gasteiger partial charge in [-0.3, -0.25) is 4.68 Å². The lowest BCUT2D eigenvalue weighted by Gasteiger charge is -2.04. The molecule has 0 bridgehead atoms. The van der Waals surface area contributed by atoms with E-state index in [0.29, 0.717) is 0 Å². The number of nitrogens with zero attached hydrogens (tertiary/aromatic N) is 2. The Morgan fingerprint density at radius 1 is 1.53 bits per heavy atom. The van der Waals surface area contributed by atoms with Crippen molar-refractivity contribution in [2.45, 2.75) is 33.1 Å². The standard InChI is InChI=1S/C13H22BrN3/c1-5-11-13(14)12(17(4)16-11)9-10(2)7-6-8-15-3/h7,15H,5-6,8-9H2,1-4H3. The monoisotopic (exact) mass is 299 g/mol. The van der Waals surface area contributed by atoms with Crippen molar-refractivity contribution in [3.8, 4) is 0 Å². The maximum atomic E-state index is 4.51. The third kappa shape index (κ3) is 3.96. The second kappa shape index (κ2) is 6.97. The molecule has 17 heavy (non-hydrogen) atoms. The van der Waals surface area contributed by atoms with Gasteiger partial charge in [0.05, 0.1) is 15.9 Å². The van der Waals surface area contributed by atoms with Crippen molar-refractivity contribution < 1.29 is 0 Å². The Labute approximate surface area is 112 Å². The minimum atomic E-state index is 0.966. The molecule has 1 aromatic rings. The van der Waals surface area contributed by atoms with Crippen LogP contribution in [0.25, 0.3) is 0 Å². The lowest BCUT2D eigenvalue weighted by atomic mass is 10.1. The van der Waals surface area contributed by atoms with E-state index in [0.717, 1.165) is 31.5 Å². The first-order valence-corrected chi connectivity index (χ1v) is 6.89. The Morgan fingerprint density at radius 3 is 2.76 bits per heavy atom. The van der Waals surface area contributed by atoms with Crippen LogP contribution in [0.2, 0.25) is 0 Å². The Bertz CT molecular complexity index is 394. The van der Waals surface area contributed by atoms with Gasteiger partial charge >= 0.3 is 0 Å². The molecule has 0 spiro atoms. The average molecular weight is 300 g/mol. The van der Waals surface area contributed by atoms with E-state index in [-0.39, 0.29) is 0 Å². The fourth-order valence-electron chi connectivity index (χ4n) is 1.81. The van der Waals surface area contributed by atoms with Gasteiger partial charge in [0.15, 0.2) is 0 Å². The molecular formula is C13H22BrN3. The maximum Gasteiger partial charge on any atom is 0.0766 e. The quantitative estimate of drug-likeness (QED) is 0.647. The normalized spacial score (nSPS) is 12.2. The second-order valence-electron chi connectivity index (χ2n) is 4.30. The number of halogens is 1. The first-order chi connectivity index (χ1) is 8.10. The highest BCUT2D eigenvalue weighted by atomic mass is 79.9. The van der Waals surface area contributed by atoms with Gasteiger partial charge in [-0.15, -0.1) is 0 Å². The van der Waals surface area contributed by atoms with Crippen molar-refractivity contribution in [3.05, 3.63) is 27.5 Å². The Kier molecular flexibility index (Phi) is 5.92. The summed E-state index contributed by atoms with van der Waals surface area (Å²) in [5.74, 6) is 0. The van der Waals surface area contributed by atoms with Gasteiger partial charge in [-0.2, -0.15) is 5.10 Å². The van der Waals surface area contributed by atoms with E-state index in [2.05, 4.69) is 46.3 Å². The first-order valence-electron chi connectivity index (χ1n) is 6.10. The van der Waals surface area contributed by atoms with E-state index in [1.807, 2.05) is 18.8 Å². The van der Waals surface area contributed by atoms with Gasteiger partial charge in [0.1, 0.15) is 0 Å². The summed E-state index contributed by atoms with van der Waals surface area (Å²) >= 11 is 3.65. The van der Waals surface area contributed by atoms with Crippen LogP contribution in [0.15, 0.2) is 16.1 Å². The Hall–Kier alpha value is -0.610. The van der Waals surface area contributed by atoms with E-state index in [1.54, 1.807) is 0 Å². The molecule has 0 radical (unpaired) electrons. The molecule has 1 rings (SSSR count). The summed E-state index contributed by atoms with van der Waals surface area (Å²) < 4.78 is 3.15. The third-order valence-corrected chi connectivity index (χ3v) is 3.75. The van der Waals surface area contributed by atoms with Crippen LogP contribution in [-0.2, 0) is 19.9 Å². The van der Waals surface area contributed by atoms with Crippen LogP contribution in [0.3, 0.4) is 0 Å². The molecule has 4 heteroatoms. The minimum Gasteiger partial charge on any atom is -0.319 e. The number of nitrogens with one attached hydrogen (secondary N) is 1. The third-order valence-electron chi connectivity index (χ3n) is 2.84. The van der Waals surface area contributed by atoms with Gasteiger partial charge in [0, 0.05) is 13.5 Å². The summed E-state index contributed by atoms with van der Waals surface area (Å²) in [5.41, 5.74) is 3.80. The molecular weight excluding hydrogens is 278 g/mol. The average Bonchev–Trinajstić information content (AvgIpc) is 2.57. The van der Waals surface area contributed by atoms with Gasteiger partial charge in [0.2, 0.25) is 0 Å². The van der Waals surface area contributed by atoms with Gasteiger partial charge in [-0.1, -0.05) is 18.6 Å². The molecule has 3 nitrogen and oxygen atoms in total. The smallest absolute Gasteiger partial charge is 0.0766 e. The molecule has 96 valence electrons. The van der Waals surface area contributed by atoms with Crippen molar-refractivity contribution in [1.82, 2.24) is 15.1 Å². The number of hydrogen-bond acceptors (Lipinski definition) is 2. The van der Waals surface area contributed by atoms with Gasteiger partial charge in [-0.25, -0.2) is 0 Å². The highest BCUT2D eigenvalue weighted by Crippen LogP contribution is 2.23. The summed E-state index contributed by atoms with van der Waals surface area (Å²) in [6.45, 7) is 5.34. The Morgan fingerprint density at radius 2 is 2.24 bits per heavy atom. The largest absolute Gasteiger partial charge is 0.319 e. The molecule has 1 N–H and O–H groups in total. The lowest BCUT2D eigenvalue weighted by Crippen LogP contribution is -2.06. The fourth-order valence-corrected chi connectivity index (χ4v) is 2.57. The molecule has 0 aliphatic rings. The van der Waals surface area contributed by atoms with Gasteiger partial charge in [-0.05, 0) is 49.3 Å². The topological polar surface area (TPSA) is 29.9 Å². The zero-order valence-electron chi connectivity index (χ0n) is 11.2. The molecule has 0 unspecified atom stereocenters. The van der Waals surface area contributed by atoms with Crippen molar-refractivity contribution in [1.29, 1.82) is 0 Å². The van der Waals surface area contributed by atoms with E-state index in [1.165, 1.54) is 15.7 Å². The van der Waals surface area contributed by atoms with Crippen molar-refractivity contribution in [3.63, 3.8) is 0 Å². The van der Waals surface area contributed by atoms with E-state index >= 15 is 0 Å². The molecule has 0 saturated heterocycles. The number of hydrogen-bond donors (Lipinski definition) is 1. The molecule has 0 aromatic carbocycles. The molecule has 0 amide bonds. The summed E-state index contributed by atoms with van der Waals surface area (Å²) in [6.07, 6.45) is 5.31. The van der Waals surface area contributed by atoms with Crippen LogP contribution >= 0.6 is 15.9 Å². The molecule has 0 aliphatic heterocycles. The number of aryl methyl sites for hydroxylation is 2. The van der Waals surface area contributed by atoms with Crippen molar-refractivity contribution in [2.75, 3.05) is 13.6 Å². The predicted octanol–water partition coefficient (Wildman–Crippen LogP) is 2.84. The molecule has 1 aromatic heterocycles. The number of rotatable bonds is 6. The molecule has 0 atom stereocenters. The number of aromatic nitrogens is 2. The summed E-state index contributed by atoms with van der Waals surface area (Å²) in [5, 5.41) is 7.66. The highest BCUT2D eigenvalue weighted by Gasteiger charge is 2.12. The van der Waals surface area contributed by atoms with Crippen LogP contribution in [0.4, 0.5) is 0 Å². The minimum absolute atomic E-state index is 0.966. The van der Waals surface area contributed by atoms with Crippen LogP contribution in [0.5, 0.6) is 0 Å². The van der Waals surface area contributed by atoms with Crippen molar-refractivity contribution >= 4 is 15.9 Å². The molecule has 0 fully saturated rings. The summed E-state index contributed by atoms with van der Waals surface area (Å²) in [6, 6.07) is 0. The predicted molar refractivity (Wildman–Crippen MR) is 76.3 cm³/mol. The van der Waals surface area contributed by atoms with Crippen LogP contribution in [0, 0.1) is 0 Å². The first kappa shape index (κ1) is 14.5. The van der Waals surface area contributed by atoms with Crippen molar-refractivity contribution in [2.24, 2.45) is 7.05 Å². The maximum absolute atomic E-state index is 4.51. The SMILES string of the molecule is CCc1nn(C)c(CC(C)=CCCNC)c1Br. The lowest BCUT2D eigenvalue weighted by molar-refractivity contribution is 0.706. The summed E-state index contributed by atoms with van der Waals surface area (Å²) in [7, 11) is 3.99. The fraction of sp³-hybridized carbons (Fsp3) is 0.615. The second-order valence-corrected chi connectivity index (χ2v) is 5.10. The Balaban J connectivity index is 2.74.